The Bertz CT molecular complexity index is 772. The van der Waals surface area contributed by atoms with E-state index >= 15 is 0 Å². The van der Waals surface area contributed by atoms with Gasteiger partial charge < -0.3 is 20.7 Å². The van der Waals surface area contributed by atoms with Crippen LogP contribution in [0.1, 0.15) is 17.3 Å². The molecule has 0 aliphatic heterocycles. The van der Waals surface area contributed by atoms with Crippen LogP contribution < -0.4 is 20.7 Å². The standard InChI is InChI=1S/C18H19N3O4/c1-12(22)20-14-4-3-5-15(10-14)21-17(23)11-19-18(24)13-6-8-16(25-2)9-7-13/h3-10H,11H2,1-2H3,(H,19,24)(H,20,22)(H,21,23). The van der Waals surface area contributed by atoms with E-state index in [2.05, 4.69) is 16.0 Å². The van der Waals surface area contributed by atoms with Crippen molar-refractivity contribution in [2.45, 2.75) is 6.92 Å². The van der Waals surface area contributed by atoms with Crippen molar-refractivity contribution in [3.05, 3.63) is 54.1 Å². The van der Waals surface area contributed by atoms with Crippen molar-refractivity contribution in [2.75, 3.05) is 24.3 Å². The average Bonchev–Trinajstić information content (AvgIpc) is 2.59. The van der Waals surface area contributed by atoms with E-state index in [1.54, 1.807) is 55.6 Å². The fourth-order valence-electron chi connectivity index (χ4n) is 2.09. The smallest absolute Gasteiger partial charge is 0.251 e. The van der Waals surface area contributed by atoms with Gasteiger partial charge in [0.25, 0.3) is 5.91 Å². The summed E-state index contributed by atoms with van der Waals surface area (Å²) in [6, 6.07) is 13.3. The molecule has 2 aromatic carbocycles. The molecule has 0 saturated carbocycles. The number of methoxy groups -OCH3 is 1. The van der Waals surface area contributed by atoms with Gasteiger partial charge in [-0.15, -0.1) is 0 Å². The van der Waals surface area contributed by atoms with Gasteiger partial charge in [-0.1, -0.05) is 6.07 Å². The zero-order chi connectivity index (χ0) is 18.2. The number of hydrogen-bond donors (Lipinski definition) is 3. The van der Waals surface area contributed by atoms with Crippen molar-refractivity contribution < 1.29 is 19.1 Å². The highest BCUT2D eigenvalue weighted by Gasteiger charge is 2.09. The lowest BCUT2D eigenvalue weighted by atomic mass is 10.2. The van der Waals surface area contributed by atoms with Crippen LogP contribution in [-0.2, 0) is 9.59 Å². The van der Waals surface area contributed by atoms with Gasteiger partial charge in [-0.3, -0.25) is 14.4 Å². The summed E-state index contributed by atoms with van der Waals surface area (Å²) in [5.74, 6) is -0.282. The van der Waals surface area contributed by atoms with E-state index in [1.165, 1.54) is 6.92 Å². The number of carbonyl (C=O) groups is 3. The largest absolute Gasteiger partial charge is 0.497 e. The Morgan fingerprint density at radius 3 is 2.20 bits per heavy atom. The van der Waals surface area contributed by atoms with Crippen molar-refractivity contribution in [2.24, 2.45) is 0 Å². The normalized spacial score (nSPS) is 9.84. The van der Waals surface area contributed by atoms with Crippen LogP contribution in [0.25, 0.3) is 0 Å². The van der Waals surface area contributed by atoms with E-state index < -0.39 is 0 Å². The number of carbonyl (C=O) groups excluding carboxylic acids is 3. The van der Waals surface area contributed by atoms with Crippen molar-refractivity contribution in [1.82, 2.24) is 5.32 Å². The third-order valence-electron chi connectivity index (χ3n) is 3.23. The minimum Gasteiger partial charge on any atom is -0.497 e. The first-order valence-corrected chi connectivity index (χ1v) is 7.57. The highest BCUT2D eigenvalue weighted by Crippen LogP contribution is 2.15. The quantitative estimate of drug-likeness (QED) is 0.749. The summed E-state index contributed by atoms with van der Waals surface area (Å²) in [6.07, 6.45) is 0. The van der Waals surface area contributed by atoms with Crippen LogP contribution in [-0.4, -0.2) is 31.4 Å². The van der Waals surface area contributed by atoms with Gasteiger partial charge in [0.1, 0.15) is 5.75 Å². The molecular formula is C18H19N3O4. The maximum absolute atomic E-state index is 12.0. The van der Waals surface area contributed by atoms with Crippen LogP contribution in [0.2, 0.25) is 0 Å². The zero-order valence-corrected chi connectivity index (χ0v) is 14.0. The number of rotatable bonds is 6. The number of amides is 3. The van der Waals surface area contributed by atoms with E-state index in [4.69, 9.17) is 4.74 Å². The van der Waals surface area contributed by atoms with Crippen molar-refractivity contribution in [3.8, 4) is 5.75 Å². The Hall–Kier alpha value is -3.35. The van der Waals surface area contributed by atoms with Crippen LogP contribution in [0.4, 0.5) is 11.4 Å². The third-order valence-corrected chi connectivity index (χ3v) is 3.23. The molecule has 0 radical (unpaired) electrons. The molecule has 130 valence electrons. The van der Waals surface area contributed by atoms with E-state index in [-0.39, 0.29) is 24.3 Å². The maximum atomic E-state index is 12.0. The Kier molecular flexibility index (Phi) is 6.11. The van der Waals surface area contributed by atoms with Gasteiger partial charge in [-0.25, -0.2) is 0 Å². The summed E-state index contributed by atoms with van der Waals surface area (Å²) in [6.45, 7) is 1.23. The Morgan fingerprint density at radius 1 is 0.960 bits per heavy atom. The summed E-state index contributed by atoms with van der Waals surface area (Å²) in [7, 11) is 1.54. The lowest BCUT2D eigenvalue weighted by Gasteiger charge is -2.09. The molecule has 0 bridgehead atoms. The molecule has 7 heteroatoms. The number of nitrogens with one attached hydrogen (secondary N) is 3. The molecule has 0 unspecified atom stereocenters. The Balaban J connectivity index is 1.87. The topological polar surface area (TPSA) is 96.5 Å². The summed E-state index contributed by atoms with van der Waals surface area (Å²) in [4.78, 5) is 35.0. The molecule has 0 spiro atoms. The Labute approximate surface area is 145 Å². The highest BCUT2D eigenvalue weighted by molar-refractivity contribution is 5.99. The van der Waals surface area contributed by atoms with Crippen LogP contribution in [0.3, 0.4) is 0 Å². The molecule has 2 rings (SSSR count). The molecule has 25 heavy (non-hydrogen) atoms. The molecule has 3 N–H and O–H groups in total. The average molecular weight is 341 g/mol. The molecule has 0 atom stereocenters. The second kappa shape index (κ2) is 8.49. The molecule has 0 heterocycles. The predicted octanol–water partition coefficient (Wildman–Crippen LogP) is 2.02. The van der Waals surface area contributed by atoms with E-state index in [1.807, 2.05) is 0 Å². The van der Waals surface area contributed by atoms with Crippen molar-refractivity contribution >= 4 is 29.1 Å². The fraction of sp³-hybridized carbons (Fsp3) is 0.167. The molecule has 2 aromatic rings. The van der Waals surface area contributed by atoms with Crippen LogP contribution in [0.15, 0.2) is 48.5 Å². The van der Waals surface area contributed by atoms with Gasteiger partial charge in [0.2, 0.25) is 11.8 Å². The molecule has 0 aliphatic rings. The summed E-state index contributed by atoms with van der Waals surface area (Å²) in [5.41, 5.74) is 1.53. The lowest BCUT2D eigenvalue weighted by molar-refractivity contribution is -0.115. The maximum Gasteiger partial charge on any atom is 0.251 e. The first kappa shape index (κ1) is 18.0. The number of benzene rings is 2. The van der Waals surface area contributed by atoms with Crippen molar-refractivity contribution in [1.29, 1.82) is 0 Å². The fourth-order valence-corrected chi connectivity index (χ4v) is 2.09. The second-order valence-corrected chi connectivity index (χ2v) is 5.22. The first-order valence-electron chi connectivity index (χ1n) is 7.57. The van der Waals surface area contributed by atoms with Crippen LogP contribution >= 0.6 is 0 Å². The highest BCUT2D eigenvalue weighted by atomic mass is 16.5. The molecule has 7 nitrogen and oxygen atoms in total. The first-order chi connectivity index (χ1) is 12.0. The molecule has 0 saturated heterocycles. The minimum absolute atomic E-state index is 0.171. The second-order valence-electron chi connectivity index (χ2n) is 5.22. The minimum atomic E-state index is -0.373. The summed E-state index contributed by atoms with van der Waals surface area (Å²) >= 11 is 0. The monoisotopic (exact) mass is 341 g/mol. The number of hydrogen-bond acceptors (Lipinski definition) is 4. The van der Waals surface area contributed by atoms with E-state index in [0.717, 1.165) is 0 Å². The van der Waals surface area contributed by atoms with Crippen LogP contribution in [0, 0.1) is 0 Å². The molecule has 0 aliphatic carbocycles. The van der Waals surface area contributed by atoms with Gasteiger partial charge >= 0.3 is 0 Å². The van der Waals surface area contributed by atoms with E-state index in [9.17, 15) is 14.4 Å². The molecule has 3 amide bonds. The summed E-state index contributed by atoms with van der Waals surface area (Å²) in [5, 5.41) is 7.83. The van der Waals surface area contributed by atoms with Crippen LogP contribution in [0.5, 0.6) is 5.75 Å². The SMILES string of the molecule is COc1ccc(C(=O)NCC(=O)Nc2cccc(NC(C)=O)c2)cc1. The van der Waals surface area contributed by atoms with Gasteiger partial charge in [0.15, 0.2) is 0 Å². The van der Waals surface area contributed by atoms with Gasteiger partial charge in [0, 0.05) is 23.9 Å². The number of ether oxygens (including phenoxy) is 1. The van der Waals surface area contributed by atoms with Gasteiger partial charge in [-0.05, 0) is 42.5 Å². The molecule has 0 fully saturated rings. The zero-order valence-electron chi connectivity index (χ0n) is 14.0. The predicted molar refractivity (Wildman–Crippen MR) is 94.7 cm³/mol. The third kappa shape index (κ3) is 5.65. The molecular weight excluding hydrogens is 322 g/mol. The van der Waals surface area contributed by atoms with Crippen molar-refractivity contribution in [3.63, 3.8) is 0 Å². The Morgan fingerprint density at radius 2 is 1.60 bits per heavy atom. The van der Waals surface area contributed by atoms with Gasteiger partial charge in [0.05, 0.1) is 13.7 Å². The lowest BCUT2D eigenvalue weighted by Crippen LogP contribution is -2.32. The van der Waals surface area contributed by atoms with E-state index in [0.29, 0.717) is 22.7 Å². The van der Waals surface area contributed by atoms with Gasteiger partial charge in [-0.2, -0.15) is 0 Å². The number of anilines is 2. The molecule has 0 aromatic heterocycles. The summed E-state index contributed by atoms with van der Waals surface area (Å²) < 4.78 is 5.03.